The molecule has 0 bridgehead atoms. The van der Waals surface area contributed by atoms with Crippen molar-refractivity contribution in [3.63, 3.8) is 0 Å². The Labute approximate surface area is 190 Å². The average molecular weight is 452 g/mol. The highest BCUT2D eigenvalue weighted by molar-refractivity contribution is 8.00. The lowest BCUT2D eigenvalue weighted by Crippen LogP contribution is -2.21. The van der Waals surface area contributed by atoms with E-state index in [1.165, 1.54) is 23.9 Å². The summed E-state index contributed by atoms with van der Waals surface area (Å²) in [5, 5.41) is 9.95. The molecule has 0 aliphatic carbocycles. The third-order valence-electron chi connectivity index (χ3n) is 5.68. The third-order valence-corrected chi connectivity index (χ3v) is 6.73. The topological polar surface area (TPSA) is 66.8 Å². The second-order valence-corrected chi connectivity index (χ2v) is 9.40. The van der Waals surface area contributed by atoms with Gasteiger partial charge in [-0.3, -0.25) is 14.3 Å². The first-order valence-corrected chi connectivity index (χ1v) is 11.3. The molecular formula is C24H26FN5OS. The smallest absolute Gasteiger partial charge is 0.196 e. The van der Waals surface area contributed by atoms with Gasteiger partial charge in [0.2, 0.25) is 0 Å². The van der Waals surface area contributed by atoms with Crippen molar-refractivity contribution in [3.8, 4) is 5.69 Å². The van der Waals surface area contributed by atoms with Gasteiger partial charge in [-0.15, -0.1) is 10.2 Å². The number of hydrogen-bond donors (Lipinski definition) is 1. The number of ketones is 1. The molecule has 0 aliphatic heterocycles. The molecule has 1 N–H and O–H groups in total. The molecular weight excluding hydrogens is 425 g/mol. The molecule has 4 aromatic rings. The minimum absolute atomic E-state index is 0.0243. The number of aryl methyl sites for hydroxylation is 1. The highest BCUT2D eigenvalue weighted by Crippen LogP contribution is 2.32. The summed E-state index contributed by atoms with van der Waals surface area (Å²) in [4.78, 5) is 18.8. The third kappa shape index (κ3) is 4.08. The van der Waals surface area contributed by atoms with Gasteiger partial charge in [0.05, 0.1) is 11.3 Å². The largest absolute Gasteiger partial charge is 0.358 e. The molecule has 32 heavy (non-hydrogen) atoms. The molecule has 8 heteroatoms. The number of H-pyrrole nitrogens is 1. The van der Waals surface area contributed by atoms with Gasteiger partial charge in [0.15, 0.2) is 16.8 Å². The molecule has 2 atom stereocenters. The summed E-state index contributed by atoms with van der Waals surface area (Å²) in [6.45, 7) is 5.83. The summed E-state index contributed by atoms with van der Waals surface area (Å²) >= 11 is 1.36. The van der Waals surface area contributed by atoms with Crippen LogP contribution in [0.5, 0.6) is 0 Å². The van der Waals surface area contributed by atoms with E-state index in [0.717, 1.165) is 28.1 Å². The van der Waals surface area contributed by atoms with Gasteiger partial charge in [-0.1, -0.05) is 30.0 Å². The molecule has 166 valence electrons. The summed E-state index contributed by atoms with van der Waals surface area (Å²) in [6.07, 6.45) is 0. The SMILES string of the molecule is Cc1[nH]c2ccccc2c1C(=O)C(C)Sc1nnc(C(C)N(C)C)n1-c1ccc(F)cc1. The van der Waals surface area contributed by atoms with E-state index in [0.29, 0.717) is 10.7 Å². The summed E-state index contributed by atoms with van der Waals surface area (Å²) in [7, 11) is 3.93. The Morgan fingerprint density at radius 1 is 1.09 bits per heavy atom. The van der Waals surface area contributed by atoms with Crippen molar-refractivity contribution in [2.45, 2.75) is 37.2 Å². The van der Waals surface area contributed by atoms with Crippen molar-refractivity contribution >= 4 is 28.4 Å². The number of thioether (sulfide) groups is 1. The van der Waals surface area contributed by atoms with Gasteiger partial charge < -0.3 is 4.98 Å². The highest BCUT2D eigenvalue weighted by atomic mass is 32.2. The summed E-state index contributed by atoms with van der Waals surface area (Å²) in [6, 6.07) is 14.0. The molecule has 0 saturated heterocycles. The van der Waals surface area contributed by atoms with Crippen LogP contribution in [-0.2, 0) is 0 Å². The molecule has 0 spiro atoms. The van der Waals surface area contributed by atoms with Crippen molar-refractivity contribution in [2.75, 3.05) is 14.1 Å². The molecule has 2 unspecified atom stereocenters. The maximum Gasteiger partial charge on any atom is 0.196 e. The Morgan fingerprint density at radius 3 is 2.47 bits per heavy atom. The number of fused-ring (bicyclic) bond motifs is 1. The van der Waals surface area contributed by atoms with Gasteiger partial charge in [0.25, 0.3) is 0 Å². The fourth-order valence-corrected chi connectivity index (χ4v) is 4.63. The first-order chi connectivity index (χ1) is 15.3. The molecule has 0 aliphatic rings. The van der Waals surface area contributed by atoms with Crippen molar-refractivity contribution in [1.29, 1.82) is 0 Å². The van der Waals surface area contributed by atoms with Gasteiger partial charge in [-0.25, -0.2) is 4.39 Å². The second-order valence-electron chi connectivity index (χ2n) is 8.09. The average Bonchev–Trinajstić information content (AvgIpc) is 3.33. The minimum Gasteiger partial charge on any atom is -0.358 e. The van der Waals surface area contributed by atoms with Crippen LogP contribution in [0, 0.1) is 12.7 Å². The van der Waals surface area contributed by atoms with E-state index < -0.39 is 0 Å². The lowest BCUT2D eigenvalue weighted by Gasteiger charge is -2.21. The van der Waals surface area contributed by atoms with Crippen LogP contribution in [0.1, 0.15) is 41.8 Å². The summed E-state index contributed by atoms with van der Waals surface area (Å²) in [5.74, 6) is 0.449. The fourth-order valence-electron chi connectivity index (χ4n) is 3.70. The van der Waals surface area contributed by atoms with Crippen LogP contribution in [-0.4, -0.2) is 49.8 Å². The number of aromatic amines is 1. The second kappa shape index (κ2) is 8.88. The van der Waals surface area contributed by atoms with Gasteiger partial charge in [-0.05, 0) is 65.2 Å². The molecule has 0 amide bonds. The van der Waals surface area contributed by atoms with Crippen LogP contribution in [0.15, 0.2) is 53.7 Å². The Morgan fingerprint density at radius 2 is 1.78 bits per heavy atom. The molecule has 0 fully saturated rings. The number of benzene rings is 2. The minimum atomic E-state index is -0.390. The molecule has 2 aromatic heterocycles. The van der Waals surface area contributed by atoms with Gasteiger partial charge in [0, 0.05) is 27.8 Å². The number of carbonyl (C=O) groups excluding carboxylic acids is 1. The normalized spacial score (nSPS) is 13.6. The van der Waals surface area contributed by atoms with E-state index in [4.69, 9.17) is 0 Å². The maximum atomic E-state index is 13.6. The molecule has 6 nitrogen and oxygen atoms in total. The number of nitrogens with one attached hydrogen (secondary N) is 1. The number of nitrogens with zero attached hydrogens (tertiary/aromatic N) is 4. The van der Waals surface area contributed by atoms with E-state index in [-0.39, 0.29) is 22.9 Å². The fraction of sp³-hybridized carbons (Fsp3) is 0.292. The standard InChI is InChI=1S/C24H26FN5OS/c1-14-21(19-8-6-7-9-20(19)26-14)22(31)16(3)32-24-28-27-23(15(2)29(4)5)30(24)18-12-10-17(25)11-13-18/h6-13,15-16,26H,1-5H3. The van der Waals surface area contributed by atoms with Gasteiger partial charge >= 0.3 is 0 Å². The summed E-state index contributed by atoms with van der Waals surface area (Å²) < 4.78 is 15.5. The molecule has 2 aromatic carbocycles. The van der Waals surface area contributed by atoms with E-state index >= 15 is 0 Å². The number of rotatable bonds is 7. The maximum absolute atomic E-state index is 13.6. The Balaban J connectivity index is 1.71. The van der Waals surface area contributed by atoms with Crippen LogP contribution in [0.25, 0.3) is 16.6 Å². The number of Topliss-reactive ketones (excluding diaryl/α,β-unsaturated/α-hetero) is 1. The van der Waals surface area contributed by atoms with E-state index in [1.807, 2.05) is 68.6 Å². The zero-order valence-corrected chi connectivity index (χ0v) is 19.6. The number of halogens is 1. The summed E-state index contributed by atoms with van der Waals surface area (Å²) in [5.41, 5.74) is 3.26. The van der Waals surface area contributed by atoms with Crippen molar-refractivity contribution < 1.29 is 9.18 Å². The number of para-hydroxylation sites is 1. The van der Waals surface area contributed by atoms with Gasteiger partial charge in [-0.2, -0.15) is 0 Å². The van der Waals surface area contributed by atoms with Crippen molar-refractivity contribution in [1.82, 2.24) is 24.6 Å². The highest BCUT2D eigenvalue weighted by Gasteiger charge is 2.27. The lowest BCUT2D eigenvalue weighted by atomic mass is 10.1. The van der Waals surface area contributed by atoms with Crippen LogP contribution in [0.2, 0.25) is 0 Å². The van der Waals surface area contributed by atoms with E-state index in [2.05, 4.69) is 15.2 Å². The molecule has 0 saturated carbocycles. The van der Waals surface area contributed by atoms with Crippen molar-refractivity contribution in [3.05, 3.63) is 71.4 Å². The van der Waals surface area contributed by atoms with Crippen LogP contribution < -0.4 is 0 Å². The predicted molar refractivity (Wildman–Crippen MR) is 126 cm³/mol. The quantitative estimate of drug-likeness (QED) is 0.310. The molecule has 0 radical (unpaired) electrons. The predicted octanol–water partition coefficient (Wildman–Crippen LogP) is 5.18. The van der Waals surface area contributed by atoms with Gasteiger partial charge in [0.1, 0.15) is 5.82 Å². The number of hydrogen-bond acceptors (Lipinski definition) is 5. The van der Waals surface area contributed by atoms with Crippen molar-refractivity contribution in [2.24, 2.45) is 0 Å². The monoisotopic (exact) mass is 451 g/mol. The number of aromatic nitrogens is 4. The van der Waals surface area contributed by atoms with E-state index in [9.17, 15) is 9.18 Å². The van der Waals surface area contributed by atoms with E-state index in [1.54, 1.807) is 12.1 Å². The zero-order chi connectivity index (χ0) is 23.0. The first kappa shape index (κ1) is 22.2. The molecule has 4 rings (SSSR count). The van der Waals surface area contributed by atoms with Crippen LogP contribution in [0.4, 0.5) is 4.39 Å². The Kier molecular flexibility index (Phi) is 6.17. The van der Waals surface area contributed by atoms with Crippen LogP contribution in [0.3, 0.4) is 0 Å². The Bertz CT molecular complexity index is 1260. The zero-order valence-electron chi connectivity index (χ0n) is 18.8. The molecule has 2 heterocycles. The van der Waals surface area contributed by atoms with Crippen LogP contribution >= 0.6 is 11.8 Å². The number of carbonyl (C=O) groups is 1. The first-order valence-electron chi connectivity index (χ1n) is 10.4. The Hall–Kier alpha value is -2.97. The lowest BCUT2D eigenvalue weighted by molar-refractivity contribution is 0.0995.